The summed E-state index contributed by atoms with van der Waals surface area (Å²) in [5, 5.41) is -0.248. The number of aryl methyl sites for hydroxylation is 1. The molecule has 0 saturated carbocycles. The number of unbranched alkanes of at least 4 members (excludes halogenated alkanes) is 7. The maximum Gasteiger partial charge on any atom is 0.328 e. The smallest absolute Gasteiger partial charge is 0.313 e. The lowest BCUT2D eigenvalue weighted by Gasteiger charge is -2.07. The minimum absolute atomic E-state index is 0.248. The number of para-hydroxylation sites is 2. The Kier molecular flexibility index (Phi) is 6.59. The predicted octanol–water partition coefficient (Wildman–Crippen LogP) is 4.42. The van der Waals surface area contributed by atoms with Crippen LogP contribution in [0, 0.1) is 0 Å². The molecule has 0 saturated heterocycles. The van der Waals surface area contributed by atoms with E-state index in [1.807, 2.05) is 18.2 Å². The number of aromatic nitrogens is 2. The molecule has 128 valence electrons. The third-order valence-corrected chi connectivity index (χ3v) is 4.86. The first-order valence-electron chi connectivity index (χ1n) is 8.47. The molecule has 6 heteroatoms. The van der Waals surface area contributed by atoms with Gasteiger partial charge in [0, 0.05) is 6.54 Å². The molecule has 0 bridgehead atoms. The summed E-state index contributed by atoms with van der Waals surface area (Å²) in [5.41, 5.74) is 1.35. The van der Waals surface area contributed by atoms with Gasteiger partial charge in [-0.2, -0.15) is 8.42 Å². The highest BCUT2D eigenvalue weighted by Crippen LogP contribution is 2.20. The van der Waals surface area contributed by atoms with Crippen molar-refractivity contribution in [2.75, 3.05) is 0 Å². The maximum atomic E-state index is 11.5. The van der Waals surface area contributed by atoms with Gasteiger partial charge in [-0.05, 0) is 18.6 Å². The van der Waals surface area contributed by atoms with E-state index in [4.69, 9.17) is 0 Å². The molecule has 1 aromatic heterocycles. The summed E-state index contributed by atoms with van der Waals surface area (Å²) in [5.74, 6) is 0. The van der Waals surface area contributed by atoms with E-state index in [1.165, 1.54) is 32.1 Å². The average Bonchev–Trinajstić information content (AvgIpc) is 2.89. The van der Waals surface area contributed by atoms with Crippen molar-refractivity contribution in [2.24, 2.45) is 0 Å². The van der Waals surface area contributed by atoms with E-state index in [-0.39, 0.29) is 5.16 Å². The van der Waals surface area contributed by atoms with E-state index in [1.54, 1.807) is 10.6 Å². The molecule has 0 fully saturated rings. The molecule has 0 amide bonds. The zero-order chi connectivity index (χ0) is 16.7. The normalized spacial score (nSPS) is 12.1. The molecule has 5 nitrogen and oxygen atoms in total. The Hall–Kier alpha value is -1.40. The number of nitrogens with zero attached hydrogens (tertiary/aromatic N) is 2. The third-order valence-electron chi connectivity index (χ3n) is 4.09. The van der Waals surface area contributed by atoms with Crippen LogP contribution in [0.5, 0.6) is 0 Å². The van der Waals surface area contributed by atoms with Crippen molar-refractivity contribution >= 4 is 21.2 Å². The molecule has 0 unspecified atom stereocenters. The summed E-state index contributed by atoms with van der Waals surface area (Å²) < 4.78 is 34.1. The Balaban J connectivity index is 1.94. The summed E-state index contributed by atoms with van der Waals surface area (Å²) >= 11 is 0. The van der Waals surface area contributed by atoms with Gasteiger partial charge in [-0.3, -0.25) is 4.55 Å². The van der Waals surface area contributed by atoms with E-state index in [9.17, 15) is 13.0 Å². The zero-order valence-electron chi connectivity index (χ0n) is 13.7. The standard InChI is InChI=1S/C17H26N2O3S/c1-2-3-4-5-6-7-8-11-14-19-16-13-10-9-12-15(16)18-17(19)23(20,21)22/h9-10,12-13H,2-8,11,14H2,1H3,(H,20,21,22). The van der Waals surface area contributed by atoms with Gasteiger partial charge in [-0.15, -0.1) is 0 Å². The lowest BCUT2D eigenvalue weighted by molar-refractivity contribution is 0.458. The molecule has 0 spiro atoms. The van der Waals surface area contributed by atoms with Gasteiger partial charge in [0.25, 0.3) is 5.16 Å². The molecule has 23 heavy (non-hydrogen) atoms. The van der Waals surface area contributed by atoms with Crippen LogP contribution in [0.25, 0.3) is 11.0 Å². The topological polar surface area (TPSA) is 72.2 Å². The number of imidazole rings is 1. The molecule has 0 atom stereocenters. The van der Waals surface area contributed by atoms with Crippen LogP contribution in [0.2, 0.25) is 0 Å². The third kappa shape index (κ3) is 5.04. The van der Waals surface area contributed by atoms with Crippen LogP contribution in [0.3, 0.4) is 0 Å². The number of rotatable bonds is 10. The first kappa shape index (κ1) is 17.9. The summed E-state index contributed by atoms with van der Waals surface area (Å²) in [6.07, 6.45) is 9.48. The first-order valence-corrected chi connectivity index (χ1v) is 9.91. The maximum absolute atomic E-state index is 11.5. The Morgan fingerprint density at radius 2 is 1.61 bits per heavy atom. The molecule has 0 aliphatic carbocycles. The van der Waals surface area contributed by atoms with E-state index < -0.39 is 10.1 Å². The minimum Gasteiger partial charge on any atom is -0.313 e. The second-order valence-electron chi connectivity index (χ2n) is 5.98. The molecule has 0 aliphatic rings. The monoisotopic (exact) mass is 338 g/mol. The second-order valence-corrected chi connectivity index (χ2v) is 7.30. The van der Waals surface area contributed by atoms with Crippen LogP contribution in [0.4, 0.5) is 0 Å². The van der Waals surface area contributed by atoms with Crippen molar-refractivity contribution in [1.29, 1.82) is 0 Å². The van der Waals surface area contributed by atoms with Crippen molar-refractivity contribution in [1.82, 2.24) is 9.55 Å². The van der Waals surface area contributed by atoms with Crippen molar-refractivity contribution < 1.29 is 13.0 Å². The molecule has 1 heterocycles. The van der Waals surface area contributed by atoms with Gasteiger partial charge in [0.2, 0.25) is 0 Å². The fourth-order valence-corrected chi connectivity index (χ4v) is 3.55. The van der Waals surface area contributed by atoms with Crippen molar-refractivity contribution in [3.63, 3.8) is 0 Å². The highest BCUT2D eigenvalue weighted by molar-refractivity contribution is 7.85. The highest BCUT2D eigenvalue weighted by atomic mass is 32.2. The second kappa shape index (κ2) is 8.45. The Morgan fingerprint density at radius 1 is 1.00 bits per heavy atom. The molecule has 2 aromatic rings. The Morgan fingerprint density at radius 3 is 2.26 bits per heavy atom. The van der Waals surface area contributed by atoms with Gasteiger partial charge in [0.05, 0.1) is 11.0 Å². The first-order chi connectivity index (χ1) is 11.0. The fraction of sp³-hybridized carbons (Fsp3) is 0.588. The number of benzene rings is 1. The van der Waals surface area contributed by atoms with Crippen LogP contribution in [-0.4, -0.2) is 22.5 Å². The number of hydrogen-bond acceptors (Lipinski definition) is 3. The van der Waals surface area contributed by atoms with Gasteiger partial charge in [-0.1, -0.05) is 64.0 Å². The van der Waals surface area contributed by atoms with Crippen molar-refractivity contribution in [3.8, 4) is 0 Å². The van der Waals surface area contributed by atoms with Gasteiger partial charge in [0.1, 0.15) is 0 Å². The van der Waals surface area contributed by atoms with Crippen molar-refractivity contribution in [2.45, 2.75) is 70.0 Å². The average molecular weight is 338 g/mol. The van der Waals surface area contributed by atoms with Crippen LogP contribution < -0.4 is 0 Å². The van der Waals surface area contributed by atoms with Gasteiger partial charge in [0.15, 0.2) is 0 Å². The Labute approximate surface area is 138 Å². The van der Waals surface area contributed by atoms with Crippen LogP contribution >= 0.6 is 0 Å². The SMILES string of the molecule is CCCCCCCCCCn1c(S(=O)(=O)O)nc2ccccc21. The van der Waals surface area contributed by atoms with E-state index in [2.05, 4.69) is 11.9 Å². The Bertz CT molecular complexity index is 723. The molecule has 0 aliphatic heterocycles. The van der Waals surface area contributed by atoms with Crippen LogP contribution in [-0.2, 0) is 16.7 Å². The summed E-state index contributed by atoms with van der Waals surface area (Å²) in [4.78, 5) is 4.06. The van der Waals surface area contributed by atoms with Crippen LogP contribution in [0.1, 0.15) is 58.3 Å². The van der Waals surface area contributed by atoms with Crippen LogP contribution in [0.15, 0.2) is 29.4 Å². The summed E-state index contributed by atoms with van der Waals surface area (Å²) in [7, 11) is -4.30. The van der Waals surface area contributed by atoms with E-state index in [0.717, 1.165) is 24.8 Å². The molecule has 0 radical (unpaired) electrons. The number of fused-ring (bicyclic) bond motifs is 1. The molecule has 1 N–H and O–H groups in total. The van der Waals surface area contributed by atoms with Gasteiger partial charge in [-0.25, -0.2) is 4.98 Å². The van der Waals surface area contributed by atoms with E-state index in [0.29, 0.717) is 12.1 Å². The predicted molar refractivity (Wildman–Crippen MR) is 92.2 cm³/mol. The van der Waals surface area contributed by atoms with E-state index >= 15 is 0 Å². The highest BCUT2D eigenvalue weighted by Gasteiger charge is 2.20. The van der Waals surface area contributed by atoms with Crippen molar-refractivity contribution in [3.05, 3.63) is 24.3 Å². The fourth-order valence-electron chi connectivity index (χ4n) is 2.87. The number of hydrogen-bond donors (Lipinski definition) is 1. The lowest BCUT2D eigenvalue weighted by atomic mass is 10.1. The summed E-state index contributed by atoms with van der Waals surface area (Å²) in [6.45, 7) is 2.77. The summed E-state index contributed by atoms with van der Waals surface area (Å²) in [6, 6.07) is 7.25. The quantitative estimate of drug-likeness (QED) is 0.514. The van der Waals surface area contributed by atoms with Gasteiger partial charge >= 0.3 is 10.1 Å². The zero-order valence-corrected chi connectivity index (χ0v) is 14.6. The van der Waals surface area contributed by atoms with Gasteiger partial charge < -0.3 is 4.57 Å². The molecular formula is C17H26N2O3S. The largest absolute Gasteiger partial charge is 0.328 e. The minimum atomic E-state index is -4.30. The lowest BCUT2D eigenvalue weighted by Crippen LogP contribution is -2.10. The molecular weight excluding hydrogens is 312 g/mol. The molecule has 2 rings (SSSR count). The molecule has 1 aromatic carbocycles.